The molecule has 0 saturated carbocycles. The van der Waals surface area contributed by atoms with Gasteiger partial charge < -0.3 is 24.4 Å². The number of aromatic nitrogens is 3. The lowest BCUT2D eigenvalue weighted by Crippen LogP contribution is -2.26. The van der Waals surface area contributed by atoms with E-state index in [-0.39, 0.29) is 6.61 Å². The summed E-state index contributed by atoms with van der Waals surface area (Å²) in [5.74, 6) is 0.118. The summed E-state index contributed by atoms with van der Waals surface area (Å²) in [5.41, 5.74) is 1.77. The minimum absolute atomic E-state index is 0.317. The molecule has 0 aliphatic heterocycles. The number of ether oxygens (including phenoxy) is 3. The Kier molecular flexibility index (Phi) is 5.58. The van der Waals surface area contributed by atoms with Crippen LogP contribution in [0.2, 0.25) is 0 Å². The van der Waals surface area contributed by atoms with Gasteiger partial charge in [0.2, 0.25) is 0 Å². The van der Waals surface area contributed by atoms with Gasteiger partial charge in [-0.3, -0.25) is 4.79 Å². The molecule has 3 aromatic rings. The summed E-state index contributed by atoms with van der Waals surface area (Å²) in [5, 5.41) is 10.4. The zero-order valence-corrected chi connectivity index (χ0v) is 15.5. The van der Waals surface area contributed by atoms with Gasteiger partial charge in [-0.1, -0.05) is 4.85 Å². The summed E-state index contributed by atoms with van der Waals surface area (Å²) in [6.45, 7) is -0.324. The number of hydrogen-bond donors (Lipinski definition) is 1. The Bertz CT molecular complexity index is 1020. The Hall–Kier alpha value is -3.82. The van der Waals surface area contributed by atoms with E-state index >= 15 is 0 Å². The van der Waals surface area contributed by atoms with Crippen molar-refractivity contribution in [3.05, 3.63) is 42.0 Å². The highest BCUT2D eigenvalue weighted by Gasteiger charge is 2.13. The lowest BCUT2D eigenvalue weighted by atomic mass is 10.2. The van der Waals surface area contributed by atoms with E-state index in [4.69, 9.17) is 14.3 Å². The third-order valence-corrected chi connectivity index (χ3v) is 3.82. The van der Waals surface area contributed by atoms with Crippen molar-refractivity contribution >= 4 is 28.6 Å². The number of esters is 1. The van der Waals surface area contributed by atoms with Gasteiger partial charge in [0.05, 0.1) is 26.9 Å². The van der Waals surface area contributed by atoms with Crippen LogP contribution < -0.4 is 19.6 Å². The van der Waals surface area contributed by atoms with Crippen LogP contribution in [0.1, 0.15) is 10.4 Å². The Morgan fingerprint density at radius 3 is 2.54 bits per heavy atom. The Morgan fingerprint density at radius 2 is 1.82 bits per heavy atom. The summed E-state index contributed by atoms with van der Waals surface area (Å²) >= 11 is 0. The third kappa shape index (κ3) is 3.95. The summed E-state index contributed by atoms with van der Waals surface area (Å²) in [6, 6.07) is 9.67. The van der Waals surface area contributed by atoms with Crippen LogP contribution in [0, 0.1) is 0 Å². The van der Waals surface area contributed by atoms with E-state index in [2.05, 4.69) is 20.4 Å². The first-order chi connectivity index (χ1) is 13.5. The number of nitrogens with one attached hydrogen (secondary N) is 1. The minimum Gasteiger partial charge on any atom is -0.493 e. The van der Waals surface area contributed by atoms with Crippen molar-refractivity contribution in [1.82, 2.24) is 15.2 Å². The van der Waals surface area contributed by atoms with Gasteiger partial charge in [0, 0.05) is 11.8 Å². The zero-order chi connectivity index (χ0) is 20.1. The van der Waals surface area contributed by atoms with E-state index in [9.17, 15) is 9.59 Å². The van der Waals surface area contributed by atoms with Crippen LogP contribution in [0.4, 0.5) is 5.69 Å². The number of amides is 1. The molecule has 0 radical (unpaired) electrons. The molecule has 0 fully saturated rings. The quantitative estimate of drug-likeness (QED) is 0.605. The van der Waals surface area contributed by atoms with Crippen LogP contribution in [0.5, 0.6) is 11.5 Å². The second-order valence-electron chi connectivity index (χ2n) is 5.55. The van der Waals surface area contributed by atoms with E-state index in [1.165, 1.54) is 27.4 Å². The number of fused-ring (bicyclic) bond motifs is 1. The molecule has 0 aliphatic rings. The molecule has 10 nitrogen and oxygen atoms in total. The van der Waals surface area contributed by atoms with Crippen LogP contribution in [0.25, 0.3) is 11.0 Å². The number of benzene rings is 2. The first-order valence-electron chi connectivity index (χ1n) is 8.14. The van der Waals surface area contributed by atoms with Crippen molar-refractivity contribution in [2.45, 2.75) is 0 Å². The number of carbonyl (C=O) groups excluding carboxylic acids is 2. The molecule has 3 rings (SSSR count). The van der Waals surface area contributed by atoms with Crippen molar-refractivity contribution in [2.75, 3.05) is 33.3 Å². The molecule has 0 spiro atoms. The highest BCUT2D eigenvalue weighted by atomic mass is 16.7. The molecule has 1 heterocycles. The lowest BCUT2D eigenvalue weighted by Gasteiger charge is -2.11. The number of rotatable bonds is 7. The van der Waals surface area contributed by atoms with E-state index in [1.807, 2.05) is 0 Å². The summed E-state index contributed by atoms with van der Waals surface area (Å²) in [6.07, 6.45) is 0. The molecular formula is C18H18N4O6. The summed E-state index contributed by atoms with van der Waals surface area (Å²) in [4.78, 5) is 30.3. The van der Waals surface area contributed by atoms with Crippen LogP contribution in [0.15, 0.2) is 36.4 Å². The summed E-state index contributed by atoms with van der Waals surface area (Å²) in [7, 11) is 4.32. The SMILES string of the molecule is COC(=O)c1ccc2nnn(OCC(=O)Nc3ccc(OC)c(OC)c3)c2c1. The van der Waals surface area contributed by atoms with Crippen molar-refractivity contribution in [3.63, 3.8) is 0 Å². The van der Waals surface area contributed by atoms with Crippen molar-refractivity contribution < 1.29 is 28.6 Å². The lowest BCUT2D eigenvalue weighted by molar-refractivity contribution is -0.121. The number of carbonyl (C=O) groups is 2. The van der Waals surface area contributed by atoms with Crippen molar-refractivity contribution in [3.8, 4) is 11.5 Å². The van der Waals surface area contributed by atoms with Gasteiger partial charge in [0.15, 0.2) is 18.1 Å². The van der Waals surface area contributed by atoms with E-state index < -0.39 is 11.9 Å². The van der Waals surface area contributed by atoms with E-state index in [0.29, 0.717) is 33.8 Å². The Labute approximate surface area is 159 Å². The normalized spacial score (nSPS) is 10.4. The summed E-state index contributed by atoms with van der Waals surface area (Å²) < 4.78 is 15.0. The zero-order valence-electron chi connectivity index (χ0n) is 15.5. The maximum atomic E-state index is 12.2. The number of hydrogen-bond acceptors (Lipinski definition) is 8. The predicted molar refractivity (Wildman–Crippen MR) is 98.5 cm³/mol. The maximum Gasteiger partial charge on any atom is 0.337 e. The molecule has 146 valence electrons. The van der Waals surface area contributed by atoms with Crippen LogP contribution in [-0.2, 0) is 9.53 Å². The van der Waals surface area contributed by atoms with E-state index in [0.717, 1.165) is 4.85 Å². The topological polar surface area (TPSA) is 114 Å². The molecule has 2 aromatic carbocycles. The average Bonchev–Trinajstić information content (AvgIpc) is 3.13. The Morgan fingerprint density at radius 1 is 1.04 bits per heavy atom. The minimum atomic E-state index is -0.499. The number of methoxy groups -OCH3 is 3. The molecule has 28 heavy (non-hydrogen) atoms. The van der Waals surface area contributed by atoms with Gasteiger partial charge in [0.25, 0.3) is 5.91 Å². The highest BCUT2D eigenvalue weighted by molar-refractivity contribution is 5.93. The maximum absolute atomic E-state index is 12.2. The molecule has 0 atom stereocenters. The van der Waals surface area contributed by atoms with Crippen molar-refractivity contribution in [2.24, 2.45) is 0 Å². The van der Waals surface area contributed by atoms with Gasteiger partial charge in [-0.05, 0) is 35.5 Å². The number of nitrogens with zero attached hydrogens (tertiary/aromatic N) is 3. The first kappa shape index (κ1) is 19.0. The Balaban J connectivity index is 1.68. The molecule has 10 heteroatoms. The fourth-order valence-corrected chi connectivity index (χ4v) is 2.47. The second-order valence-corrected chi connectivity index (χ2v) is 5.55. The monoisotopic (exact) mass is 386 g/mol. The van der Waals surface area contributed by atoms with Crippen LogP contribution >= 0.6 is 0 Å². The smallest absolute Gasteiger partial charge is 0.337 e. The van der Waals surface area contributed by atoms with Crippen LogP contribution in [0.3, 0.4) is 0 Å². The molecular weight excluding hydrogens is 368 g/mol. The molecule has 0 aliphatic carbocycles. The average molecular weight is 386 g/mol. The third-order valence-electron chi connectivity index (χ3n) is 3.82. The largest absolute Gasteiger partial charge is 0.493 e. The van der Waals surface area contributed by atoms with Gasteiger partial charge in [-0.25, -0.2) is 4.79 Å². The molecule has 1 aromatic heterocycles. The van der Waals surface area contributed by atoms with Gasteiger partial charge >= 0.3 is 5.97 Å². The first-order valence-corrected chi connectivity index (χ1v) is 8.14. The fraction of sp³-hybridized carbons (Fsp3) is 0.222. The van der Waals surface area contributed by atoms with Crippen LogP contribution in [-0.4, -0.2) is 55.0 Å². The predicted octanol–water partition coefficient (Wildman–Crippen LogP) is 1.30. The van der Waals surface area contributed by atoms with Gasteiger partial charge in [0.1, 0.15) is 11.0 Å². The van der Waals surface area contributed by atoms with E-state index in [1.54, 1.807) is 30.3 Å². The van der Waals surface area contributed by atoms with Crippen molar-refractivity contribution in [1.29, 1.82) is 0 Å². The fourth-order valence-electron chi connectivity index (χ4n) is 2.47. The van der Waals surface area contributed by atoms with Gasteiger partial charge in [-0.2, -0.15) is 0 Å². The van der Waals surface area contributed by atoms with Gasteiger partial charge in [-0.15, -0.1) is 5.10 Å². The molecule has 0 bridgehead atoms. The molecule has 0 unspecified atom stereocenters. The highest BCUT2D eigenvalue weighted by Crippen LogP contribution is 2.29. The molecule has 1 N–H and O–H groups in total. The standard InChI is InChI=1S/C18H18N4O6/c1-25-15-7-5-12(9-16(15)26-2)19-17(23)10-28-22-14-8-11(18(24)27-3)4-6-13(14)20-21-22/h4-9H,10H2,1-3H3,(H,19,23). The number of anilines is 1. The molecule has 1 amide bonds. The second kappa shape index (κ2) is 8.25. The molecule has 0 saturated heterocycles.